The molecule has 0 saturated carbocycles. The fourth-order valence-corrected chi connectivity index (χ4v) is 5.99. The lowest BCUT2D eigenvalue weighted by Gasteiger charge is -2.30. The van der Waals surface area contributed by atoms with Gasteiger partial charge >= 0.3 is 5.97 Å². The maximum absolute atomic E-state index is 13.5. The number of fused-ring (bicyclic) bond motifs is 3. The van der Waals surface area contributed by atoms with Crippen LogP contribution >= 0.6 is 11.3 Å². The summed E-state index contributed by atoms with van der Waals surface area (Å²) in [5, 5.41) is 10.9. The molecule has 1 aromatic heterocycles. The Bertz CT molecular complexity index is 1310. The van der Waals surface area contributed by atoms with E-state index in [2.05, 4.69) is 0 Å². The van der Waals surface area contributed by atoms with Gasteiger partial charge in [-0.15, -0.1) is 11.3 Å². The molecule has 9 nitrogen and oxygen atoms in total. The van der Waals surface area contributed by atoms with E-state index in [1.807, 2.05) is 0 Å². The monoisotopic (exact) mass is 474 g/mol. The van der Waals surface area contributed by atoms with E-state index in [0.29, 0.717) is 27.4 Å². The molecular weight excluding hydrogens is 456 g/mol. The van der Waals surface area contributed by atoms with Gasteiger partial charge in [-0.1, -0.05) is 0 Å². The fraction of sp³-hybridized carbons (Fsp3) is 0.190. The molecule has 0 aliphatic carbocycles. The van der Waals surface area contributed by atoms with Gasteiger partial charge in [0.2, 0.25) is 0 Å². The first kappa shape index (κ1) is 21.8. The highest BCUT2D eigenvalue weighted by atomic mass is 32.2. The summed E-state index contributed by atoms with van der Waals surface area (Å²) in [4.78, 5) is 23.7. The van der Waals surface area contributed by atoms with Gasteiger partial charge in [-0.3, -0.25) is 14.4 Å². The molecule has 0 fully saturated rings. The zero-order chi connectivity index (χ0) is 23.0. The highest BCUT2D eigenvalue weighted by molar-refractivity contribution is 7.92. The highest BCUT2D eigenvalue weighted by Crippen LogP contribution is 2.47. The predicted molar refractivity (Wildman–Crippen MR) is 119 cm³/mol. The molecule has 2 heterocycles. The fourth-order valence-electron chi connectivity index (χ4n) is 3.44. The average Bonchev–Trinajstić information content (AvgIpc) is 3.23. The van der Waals surface area contributed by atoms with Gasteiger partial charge in [0.1, 0.15) is 10.6 Å². The summed E-state index contributed by atoms with van der Waals surface area (Å²) in [6, 6.07) is 11.4. The summed E-state index contributed by atoms with van der Waals surface area (Å²) < 4.78 is 38.6. The lowest BCUT2D eigenvalue weighted by atomic mass is 10.0. The summed E-state index contributed by atoms with van der Waals surface area (Å²) in [5.41, 5.74) is 1.49. The number of carbonyl (C=O) groups is 1. The molecular formula is C21H18N2O7S2. The molecule has 0 spiro atoms. The number of carbonyl (C=O) groups excluding carboxylic acids is 1. The topological polar surface area (TPSA) is 116 Å². The summed E-state index contributed by atoms with van der Waals surface area (Å²) in [5.74, 6) is 0.0662. The third-order valence-electron chi connectivity index (χ3n) is 4.95. The Morgan fingerprint density at radius 2 is 1.91 bits per heavy atom. The van der Waals surface area contributed by atoms with E-state index in [1.165, 1.54) is 34.9 Å². The van der Waals surface area contributed by atoms with Gasteiger partial charge < -0.3 is 9.47 Å². The molecule has 0 N–H and O–H groups in total. The number of thiophene rings is 1. The Labute approximate surface area is 188 Å². The summed E-state index contributed by atoms with van der Waals surface area (Å²) in [6.45, 7) is 1.94. The molecule has 0 radical (unpaired) electrons. The zero-order valence-corrected chi connectivity index (χ0v) is 18.7. The first-order chi connectivity index (χ1) is 15.3. The van der Waals surface area contributed by atoms with Crippen LogP contribution in [0.2, 0.25) is 0 Å². The van der Waals surface area contributed by atoms with Gasteiger partial charge in [-0.2, -0.15) is 0 Å². The van der Waals surface area contributed by atoms with Crippen molar-refractivity contribution >= 4 is 38.7 Å². The first-order valence-electron chi connectivity index (χ1n) is 9.51. The Balaban J connectivity index is 1.83. The number of non-ortho nitro benzene ring substituents is 1. The number of benzene rings is 2. The largest absolute Gasteiger partial charge is 0.497 e. The van der Waals surface area contributed by atoms with E-state index >= 15 is 0 Å². The van der Waals surface area contributed by atoms with Gasteiger partial charge in [0, 0.05) is 22.6 Å². The Morgan fingerprint density at radius 3 is 2.53 bits per heavy atom. The highest BCUT2D eigenvalue weighted by Gasteiger charge is 2.34. The van der Waals surface area contributed by atoms with Crippen LogP contribution in [0.5, 0.6) is 5.75 Å². The minimum Gasteiger partial charge on any atom is -0.497 e. The van der Waals surface area contributed by atoms with Gasteiger partial charge in [0.05, 0.1) is 35.8 Å². The molecule has 4 rings (SSSR count). The first-order valence-corrected chi connectivity index (χ1v) is 11.8. The predicted octanol–water partition coefficient (Wildman–Crippen LogP) is 4.22. The van der Waals surface area contributed by atoms with Crippen molar-refractivity contribution in [2.45, 2.75) is 18.4 Å². The van der Waals surface area contributed by atoms with Crippen LogP contribution in [0.15, 0.2) is 53.4 Å². The van der Waals surface area contributed by atoms with Crippen molar-refractivity contribution in [3.8, 4) is 16.2 Å². The number of nitrogens with zero attached hydrogens (tertiary/aromatic N) is 2. The minimum absolute atomic E-state index is 0.00386. The van der Waals surface area contributed by atoms with Crippen molar-refractivity contribution in [1.82, 2.24) is 0 Å². The zero-order valence-electron chi connectivity index (χ0n) is 17.1. The van der Waals surface area contributed by atoms with Crippen LogP contribution in [0.4, 0.5) is 11.4 Å². The second-order valence-electron chi connectivity index (χ2n) is 6.83. The van der Waals surface area contributed by atoms with Crippen LogP contribution in [0.1, 0.15) is 22.2 Å². The average molecular weight is 475 g/mol. The van der Waals surface area contributed by atoms with Gasteiger partial charge in [-0.25, -0.2) is 13.2 Å². The number of esters is 1. The number of hydrogen-bond donors (Lipinski definition) is 0. The van der Waals surface area contributed by atoms with Gasteiger partial charge in [0.25, 0.3) is 15.7 Å². The summed E-state index contributed by atoms with van der Waals surface area (Å²) >= 11 is 1.23. The SMILES string of the molecule is CCOC(=O)c1cc2c(s1)-c1cc(OC)ccc1N(S(=O)(=O)c1ccc([N+](=O)[O-])cc1)C2. The molecule has 3 aromatic rings. The Hall–Kier alpha value is -3.44. The molecule has 1 aliphatic heterocycles. The molecule has 0 atom stereocenters. The van der Waals surface area contributed by atoms with Gasteiger partial charge in [0.15, 0.2) is 0 Å². The van der Waals surface area contributed by atoms with Crippen molar-refractivity contribution in [2.24, 2.45) is 0 Å². The maximum Gasteiger partial charge on any atom is 0.348 e. The van der Waals surface area contributed by atoms with E-state index < -0.39 is 20.9 Å². The van der Waals surface area contributed by atoms with E-state index in [4.69, 9.17) is 9.47 Å². The third-order valence-corrected chi connectivity index (χ3v) is 7.92. The van der Waals surface area contributed by atoms with Crippen LogP contribution in [0, 0.1) is 10.1 Å². The molecule has 0 amide bonds. The number of ether oxygens (including phenoxy) is 2. The lowest BCUT2D eigenvalue weighted by Crippen LogP contribution is -2.32. The Morgan fingerprint density at radius 1 is 1.19 bits per heavy atom. The maximum atomic E-state index is 13.5. The molecule has 0 saturated heterocycles. The minimum atomic E-state index is -4.04. The second kappa shape index (κ2) is 8.24. The van der Waals surface area contributed by atoms with E-state index in [9.17, 15) is 23.3 Å². The summed E-state index contributed by atoms with van der Waals surface area (Å²) in [6.07, 6.45) is 0. The molecule has 32 heavy (non-hydrogen) atoms. The second-order valence-corrected chi connectivity index (χ2v) is 9.75. The van der Waals surface area contributed by atoms with Crippen molar-refractivity contribution < 1.29 is 27.6 Å². The summed E-state index contributed by atoms with van der Waals surface area (Å²) in [7, 11) is -2.53. The smallest absolute Gasteiger partial charge is 0.348 e. The molecule has 1 aliphatic rings. The number of nitro benzene ring substituents is 1. The third kappa shape index (κ3) is 3.69. The van der Waals surface area contributed by atoms with E-state index in [0.717, 1.165) is 17.0 Å². The normalized spacial score (nSPS) is 12.6. The molecule has 0 unspecified atom stereocenters. The van der Waals surface area contributed by atoms with Crippen LogP contribution in [-0.2, 0) is 21.3 Å². The van der Waals surface area contributed by atoms with Crippen LogP contribution in [-0.4, -0.2) is 33.0 Å². The van der Waals surface area contributed by atoms with Crippen molar-refractivity contribution in [3.63, 3.8) is 0 Å². The van der Waals surface area contributed by atoms with Crippen LogP contribution < -0.4 is 9.04 Å². The molecule has 2 aromatic carbocycles. The van der Waals surface area contributed by atoms with Crippen molar-refractivity contribution in [3.05, 3.63) is 69.1 Å². The quantitative estimate of drug-likeness (QED) is 0.298. The molecule has 0 bridgehead atoms. The van der Waals surface area contributed by atoms with E-state index in [1.54, 1.807) is 31.2 Å². The molecule has 11 heteroatoms. The van der Waals surface area contributed by atoms with E-state index in [-0.39, 0.29) is 23.7 Å². The van der Waals surface area contributed by atoms with Crippen LogP contribution in [0.25, 0.3) is 10.4 Å². The number of rotatable bonds is 6. The number of methoxy groups -OCH3 is 1. The number of hydrogen-bond acceptors (Lipinski definition) is 8. The van der Waals surface area contributed by atoms with Crippen molar-refractivity contribution in [1.29, 1.82) is 0 Å². The number of sulfonamides is 1. The standard InChI is InChI=1S/C21H18N2O7S2/c1-3-30-21(24)19-10-13-12-22(18-9-6-15(29-2)11-17(18)20(13)31-19)32(27,28)16-7-4-14(5-8-16)23(25)26/h4-11H,3,12H2,1-2H3. The molecule has 166 valence electrons. The van der Waals surface area contributed by atoms with Crippen LogP contribution in [0.3, 0.4) is 0 Å². The Kier molecular flexibility index (Phi) is 5.61. The number of anilines is 1. The van der Waals surface area contributed by atoms with Gasteiger partial charge in [-0.05, 0) is 48.9 Å². The number of nitro groups is 1. The van der Waals surface area contributed by atoms with Crippen molar-refractivity contribution in [2.75, 3.05) is 18.0 Å². The lowest BCUT2D eigenvalue weighted by molar-refractivity contribution is -0.384.